The fraction of sp³-hybridized carbons (Fsp3) is 0.533. The minimum atomic E-state index is -0.338. The Bertz CT molecular complexity index is 1120. The maximum atomic E-state index is 14.3. The normalized spacial score (nSPS) is 15.3. The van der Waals surface area contributed by atoms with Gasteiger partial charge in [-0.25, -0.2) is 8.78 Å². The third-order valence-electron chi connectivity index (χ3n) is 7.23. The number of ether oxygens (including phenoxy) is 1. The molecule has 2 aliphatic heterocycles. The van der Waals surface area contributed by atoms with E-state index in [1.165, 1.54) is 19.6 Å². The highest BCUT2D eigenvalue weighted by Gasteiger charge is 2.26. The number of hydrogen-bond donors (Lipinski definition) is 0. The number of likely N-dealkylation sites (tertiary alicyclic amines) is 2. The van der Waals surface area contributed by atoms with Crippen LogP contribution in [0.5, 0.6) is 5.75 Å². The summed E-state index contributed by atoms with van der Waals surface area (Å²) in [6.45, 7) is 12.5. The summed E-state index contributed by atoms with van der Waals surface area (Å²) in [6.07, 6.45) is 4.30. The lowest BCUT2D eigenvalue weighted by molar-refractivity contribution is 0.0647. The molecule has 0 aromatic heterocycles. The molecule has 0 saturated carbocycles. The maximum Gasteiger partial charge on any atom is 0.257 e. The first-order valence-electron chi connectivity index (χ1n) is 13.3. The van der Waals surface area contributed by atoms with Crippen molar-refractivity contribution >= 4 is 11.8 Å². The molecular formula is C30H40F2N2O3. The number of benzene rings is 2. The van der Waals surface area contributed by atoms with Crippen LogP contribution in [0.4, 0.5) is 8.78 Å². The van der Waals surface area contributed by atoms with Crippen LogP contribution in [0.1, 0.15) is 103 Å². The molecule has 0 N–H and O–H groups in total. The zero-order valence-electron chi connectivity index (χ0n) is 23.0. The topological polar surface area (TPSA) is 49.9 Å². The van der Waals surface area contributed by atoms with Gasteiger partial charge in [0, 0.05) is 31.7 Å². The molecule has 0 spiro atoms. The fourth-order valence-electron chi connectivity index (χ4n) is 4.69. The minimum absolute atomic E-state index is 0.0218. The van der Waals surface area contributed by atoms with E-state index in [0.717, 1.165) is 45.4 Å². The van der Waals surface area contributed by atoms with Crippen molar-refractivity contribution in [3.05, 3.63) is 63.7 Å². The first-order valence-corrected chi connectivity index (χ1v) is 13.3. The van der Waals surface area contributed by atoms with Gasteiger partial charge < -0.3 is 14.5 Å². The van der Waals surface area contributed by atoms with Gasteiger partial charge >= 0.3 is 0 Å². The number of carbonyl (C=O) groups excluding carboxylic acids is 2. The number of nitrogens with zero attached hydrogens (tertiary/aromatic N) is 2. The van der Waals surface area contributed by atoms with E-state index in [9.17, 15) is 18.4 Å². The van der Waals surface area contributed by atoms with Gasteiger partial charge in [-0.1, -0.05) is 33.8 Å². The van der Waals surface area contributed by atoms with E-state index in [1.807, 2.05) is 32.6 Å². The molecule has 0 unspecified atom stereocenters. The molecule has 2 saturated heterocycles. The lowest BCUT2D eigenvalue weighted by Crippen LogP contribution is -2.42. The van der Waals surface area contributed by atoms with E-state index in [1.54, 1.807) is 30.0 Å². The van der Waals surface area contributed by atoms with Gasteiger partial charge in [0.2, 0.25) is 0 Å². The molecule has 2 aromatic rings. The van der Waals surface area contributed by atoms with Crippen LogP contribution in [-0.4, -0.2) is 54.9 Å². The number of rotatable bonds is 5. The summed E-state index contributed by atoms with van der Waals surface area (Å²) in [6, 6.07) is 6.47. The van der Waals surface area contributed by atoms with E-state index in [-0.39, 0.29) is 35.3 Å². The molecule has 37 heavy (non-hydrogen) atoms. The summed E-state index contributed by atoms with van der Waals surface area (Å²) >= 11 is 0. The van der Waals surface area contributed by atoms with Crippen LogP contribution in [0.3, 0.4) is 0 Å². The van der Waals surface area contributed by atoms with E-state index in [2.05, 4.69) is 0 Å². The standard InChI is InChI=1S/C16H22FNO.C14H18FNO2/c1-11(2)13-7-8-14(12(3)15(13)17)16(19)18-9-5-4-6-10-18;1-9(2)10-8-13(18-3)11(7-12(10)15)14(17)16-5-4-6-16/h7-8,11H,4-6,9-10H2,1-3H3;7-9H,4-6H2,1-3H3. The van der Waals surface area contributed by atoms with Crippen LogP contribution in [0, 0.1) is 18.6 Å². The fourth-order valence-corrected chi connectivity index (χ4v) is 4.69. The first kappa shape index (κ1) is 28.6. The van der Waals surface area contributed by atoms with Crippen molar-refractivity contribution in [1.29, 1.82) is 0 Å². The van der Waals surface area contributed by atoms with E-state index in [0.29, 0.717) is 33.6 Å². The van der Waals surface area contributed by atoms with E-state index >= 15 is 0 Å². The number of hydrogen-bond acceptors (Lipinski definition) is 3. The summed E-state index contributed by atoms with van der Waals surface area (Å²) in [5.74, 6) is -0.0758. The maximum absolute atomic E-state index is 14.3. The average Bonchev–Trinajstić information content (AvgIpc) is 2.84. The summed E-state index contributed by atoms with van der Waals surface area (Å²) in [5.41, 5.74) is 2.59. The Labute approximate surface area is 219 Å². The van der Waals surface area contributed by atoms with Crippen molar-refractivity contribution in [2.75, 3.05) is 33.3 Å². The molecule has 2 aromatic carbocycles. The number of piperidine rings is 1. The van der Waals surface area contributed by atoms with Gasteiger partial charge in [0.25, 0.3) is 11.8 Å². The molecule has 0 bridgehead atoms. The van der Waals surface area contributed by atoms with Crippen LogP contribution in [-0.2, 0) is 0 Å². The Hall–Kier alpha value is -2.96. The Morgan fingerprint density at radius 3 is 1.81 bits per heavy atom. The summed E-state index contributed by atoms with van der Waals surface area (Å²) in [7, 11) is 1.50. The van der Waals surface area contributed by atoms with Crippen LogP contribution >= 0.6 is 0 Å². The van der Waals surface area contributed by atoms with Gasteiger partial charge in [-0.2, -0.15) is 0 Å². The van der Waals surface area contributed by atoms with E-state index < -0.39 is 0 Å². The van der Waals surface area contributed by atoms with Crippen molar-refractivity contribution in [2.45, 2.75) is 72.1 Å². The number of methoxy groups -OCH3 is 1. The third-order valence-corrected chi connectivity index (χ3v) is 7.23. The lowest BCUT2D eigenvalue weighted by atomic mass is 9.96. The van der Waals surface area contributed by atoms with Crippen molar-refractivity contribution in [1.82, 2.24) is 9.80 Å². The zero-order valence-corrected chi connectivity index (χ0v) is 23.0. The molecular weight excluding hydrogens is 474 g/mol. The number of halogens is 2. The van der Waals surface area contributed by atoms with Gasteiger partial charge in [0.15, 0.2) is 0 Å². The Morgan fingerprint density at radius 2 is 1.32 bits per heavy atom. The highest BCUT2D eigenvalue weighted by molar-refractivity contribution is 5.97. The van der Waals surface area contributed by atoms with Gasteiger partial charge in [-0.05, 0) is 79.3 Å². The summed E-state index contributed by atoms with van der Waals surface area (Å²) in [4.78, 5) is 28.1. The van der Waals surface area contributed by atoms with Crippen molar-refractivity contribution in [2.24, 2.45) is 0 Å². The van der Waals surface area contributed by atoms with Crippen molar-refractivity contribution in [3.8, 4) is 5.75 Å². The second kappa shape index (κ2) is 12.5. The average molecular weight is 515 g/mol. The highest BCUT2D eigenvalue weighted by Crippen LogP contribution is 2.29. The van der Waals surface area contributed by atoms with Crippen LogP contribution in [0.2, 0.25) is 0 Å². The molecule has 2 amide bonds. The van der Waals surface area contributed by atoms with Crippen molar-refractivity contribution in [3.63, 3.8) is 0 Å². The molecule has 7 heteroatoms. The molecule has 2 fully saturated rings. The largest absolute Gasteiger partial charge is 0.496 e. The smallest absolute Gasteiger partial charge is 0.257 e. The second-order valence-electron chi connectivity index (χ2n) is 10.5. The molecule has 4 rings (SSSR count). The summed E-state index contributed by atoms with van der Waals surface area (Å²) < 4.78 is 33.4. The van der Waals surface area contributed by atoms with Crippen LogP contribution in [0.15, 0.2) is 24.3 Å². The third kappa shape index (κ3) is 6.49. The number of carbonyl (C=O) groups is 2. The molecule has 0 atom stereocenters. The zero-order chi connectivity index (χ0) is 27.3. The SMILES string of the molecule is COc1cc(C(C)C)c(F)cc1C(=O)N1CCC1.Cc1c(C(=O)N2CCCCC2)ccc(C(C)C)c1F. The predicted molar refractivity (Wildman–Crippen MR) is 143 cm³/mol. The first-order chi connectivity index (χ1) is 17.6. The monoisotopic (exact) mass is 514 g/mol. The molecule has 0 aliphatic carbocycles. The Balaban J connectivity index is 0.000000206. The second-order valence-corrected chi connectivity index (χ2v) is 10.5. The van der Waals surface area contributed by atoms with Crippen LogP contribution < -0.4 is 4.74 Å². The lowest BCUT2D eigenvalue weighted by Gasteiger charge is -2.31. The number of amides is 2. The molecule has 0 radical (unpaired) electrons. The predicted octanol–water partition coefficient (Wildman–Crippen LogP) is 6.69. The molecule has 2 aliphatic rings. The van der Waals surface area contributed by atoms with Gasteiger partial charge in [-0.3, -0.25) is 9.59 Å². The van der Waals surface area contributed by atoms with Gasteiger partial charge in [-0.15, -0.1) is 0 Å². The van der Waals surface area contributed by atoms with Gasteiger partial charge in [0.05, 0.1) is 12.7 Å². The summed E-state index contributed by atoms with van der Waals surface area (Å²) in [5, 5.41) is 0. The Kier molecular flexibility index (Phi) is 9.68. The molecule has 5 nitrogen and oxygen atoms in total. The molecule has 2 heterocycles. The van der Waals surface area contributed by atoms with E-state index in [4.69, 9.17) is 4.74 Å². The van der Waals surface area contributed by atoms with Gasteiger partial charge in [0.1, 0.15) is 17.4 Å². The molecule has 202 valence electrons. The van der Waals surface area contributed by atoms with Crippen LogP contribution in [0.25, 0.3) is 0 Å². The van der Waals surface area contributed by atoms with Crippen molar-refractivity contribution < 1.29 is 23.1 Å². The highest BCUT2D eigenvalue weighted by atomic mass is 19.1. The Morgan fingerprint density at radius 1 is 0.784 bits per heavy atom. The minimum Gasteiger partial charge on any atom is -0.496 e. The quantitative estimate of drug-likeness (QED) is 0.447.